The number of pyridine rings is 1. The molecule has 0 aromatic carbocycles. The van der Waals surface area contributed by atoms with Crippen LogP contribution in [0.2, 0.25) is 5.02 Å². The number of methoxy groups -OCH3 is 1. The van der Waals surface area contributed by atoms with Crippen LogP contribution in [-0.4, -0.2) is 82.7 Å². The number of nitrogens with one attached hydrogen (secondary N) is 1. The van der Waals surface area contributed by atoms with E-state index < -0.39 is 17.2 Å². The molecule has 0 bridgehead atoms. The Hall–Kier alpha value is -2.83. The van der Waals surface area contributed by atoms with E-state index in [1.54, 1.807) is 12.4 Å². The Morgan fingerprint density at radius 2 is 1.63 bits per heavy atom. The smallest absolute Gasteiger partial charge is 0.407 e. The molecule has 13 heteroatoms. The molecule has 6 rings (SSSR count). The fourth-order valence-electron chi connectivity index (χ4n) is 7.38. The lowest BCUT2D eigenvalue weighted by Crippen LogP contribution is -2.56. The molecule has 4 heterocycles. The van der Waals surface area contributed by atoms with E-state index in [1.807, 2.05) is 40.7 Å². The van der Waals surface area contributed by atoms with Gasteiger partial charge in [-0.25, -0.2) is 24.5 Å². The number of aliphatic hydroxyl groups is 1. The molecule has 2 spiro atoms. The van der Waals surface area contributed by atoms with Gasteiger partial charge in [0, 0.05) is 49.2 Å². The van der Waals surface area contributed by atoms with Crippen molar-refractivity contribution in [2.45, 2.75) is 100 Å². The highest BCUT2D eigenvalue weighted by molar-refractivity contribution is 7.99. The minimum Gasteiger partial charge on any atom is -0.464 e. The molecule has 2 aliphatic carbocycles. The van der Waals surface area contributed by atoms with Gasteiger partial charge in [-0.05, 0) is 90.0 Å². The number of carbonyl (C=O) groups is 2. The van der Waals surface area contributed by atoms with Crippen LogP contribution in [0.15, 0.2) is 28.4 Å². The van der Waals surface area contributed by atoms with Crippen molar-refractivity contribution in [1.82, 2.24) is 20.3 Å². The van der Waals surface area contributed by atoms with Gasteiger partial charge in [0.1, 0.15) is 16.4 Å². The zero-order valence-corrected chi connectivity index (χ0v) is 29.1. The van der Waals surface area contributed by atoms with Gasteiger partial charge < -0.3 is 29.7 Å². The lowest BCUT2D eigenvalue weighted by molar-refractivity contribution is 0.00436. The molecular formula is C33H45ClN6O5S. The standard InChI is InChI=1S/C33H45ClN6O5S/c1-30(2,3)45-29(42)38-28-32(8-9-32)10-11-33(28)12-15-39(16-13-33)26-24(27(41)44-6)37-22(17-36-26)46-21-7-14-35-25(23(21)34)40-18-20(19-40)31(4,5)43/h7,14,17,20,28,43H,8-13,15-16,18-19H2,1-6H3,(H,38,42)/t28-/m1/s1. The Balaban J connectivity index is 1.17. The molecule has 2 aromatic rings. The van der Waals surface area contributed by atoms with Gasteiger partial charge in [-0.2, -0.15) is 0 Å². The van der Waals surface area contributed by atoms with E-state index in [-0.39, 0.29) is 34.6 Å². The van der Waals surface area contributed by atoms with Crippen LogP contribution in [-0.2, 0) is 9.47 Å². The summed E-state index contributed by atoms with van der Waals surface area (Å²) in [6.07, 6.45) is 9.22. The first-order chi connectivity index (χ1) is 21.6. The highest BCUT2D eigenvalue weighted by Crippen LogP contribution is 2.66. The second-order valence-corrected chi connectivity index (χ2v) is 16.4. The van der Waals surface area contributed by atoms with Gasteiger partial charge in [-0.3, -0.25) is 0 Å². The number of hydrogen-bond donors (Lipinski definition) is 2. The second-order valence-electron chi connectivity index (χ2n) is 15.0. The number of ether oxygens (including phenoxy) is 2. The average Bonchev–Trinajstić information content (AvgIpc) is 3.69. The highest BCUT2D eigenvalue weighted by atomic mass is 35.5. The predicted octanol–water partition coefficient (Wildman–Crippen LogP) is 5.72. The quantitative estimate of drug-likeness (QED) is 0.350. The van der Waals surface area contributed by atoms with Crippen molar-refractivity contribution in [2.75, 3.05) is 43.1 Å². The minimum atomic E-state index is -0.763. The van der Waals surface area contributed by atoms with E-state index >= 15 is 0 Å². The summed E-state index contributed by atoms with van der Waals surface area (Å²) in [4.78, 5) is 44.7. The van der Waals surface area contributed by atoms with Crippen molar-refractivity contribution in [1.29, 1.82) is 0 Å². The first-order valence-corrected chi connectivity index (χ1v) is 17.3. The fraction of sp³-hybridized carbons (Fsp3) is 0.667. The van der Waals surface area contributed by atoms with Crippen LogP contribution in [0.3, 0.4) is 0 Å². The van der Waals surface area contributed by atoms with E-state index in [4.69, 9.17) is 31.0 Å². The summed E-state index contributed by atoms with van der Waals surface area (Å²) in [5.41, 5.74) is -0.989. The van der Waals surface area contributed by atoms with E-state index in [2.05, 4.69) is 20.1 Å². The third-order valence-electron chi connectivity index (χ3n) is 10.3. The van der Waals surface area contributed by atoms with Gasteiger partial charge in [0.15, 0.2) is 11.5 Å². The zero-order chi connectivity index (χ0) is 33.1. The number of amides is 1. The van der Waals surface area contributed by atoms with Crippen LogP contribution in [0.1, 0.15) is 83.6 Å². The van der Waals surface area contributed by atoms with E-state index in [0.717, 1.165) is 43.4 Å². The lowest BCUT2D eigenvalue weighted by atomic mass is 9.72. The Morgan fingerprint density at radius 1 is 1.00 bits per heavy atom. The van der Waals surface area contributed by atoms with Crippen molar-refractivity contribution in [3.63, 3.8) is 0 Å². The summed E-state index contributed by atoms with van der Waals surface area (Å²) in [7, 11) is 1.35. The van der Waals surface area contributed by atoms with Gasteiger partial charge >= 0.3 is 12.1 Å². The van der Waals surface area contributed by atoms with Gasteiger partial charge in [0.25, 0.3) is 0 Å². The number of anilines is 2. The minimum absolute atomic E-state index is 0.0161. The summed E-state index contributed by atoms with van der Waals surface area (Å²) in [6, 6.07) is 1.89. The number of alkyl carbamates (subject to hydrolysis) is 1. The lowest BCUT2D eigenvalue weighted by Gasteiger charge is -2.46. The van der Waals surface area contributed by atoms with Crippen LogP contribution in [0.5, 0.6) is 0 Å². The number of rotatable bonds is 7. The van der Waals surface area contributed by atoms with Gasteiger partial charge in [0.2, 0.25) is 0 Å². The summed E-state index contributed by atoms with van der Waals surface area (Å²) in [5.74, 6) is 0.753. The topological polar surface area (TPSA) is 130 Å². The number of carbonyl (C=O) groups excluding carboxylic acids is 2. The number of nitrogens with zero attached hydrogens (tertiary/aromatic N) is 5. The van der Waals surface area contributed by atoms with Crippen LogP contribution in [0.4, 0.5) is 16.4 Å². The van der Waals surface area contributed by atoms with Gasteiger partial charge in [-0.1, -0.05) is 23.4 Å². The number of halogens is 1. The van der Waals surface area contributed by atoms with Crippen LogP contribution >= 0.6 is 23.4 Å². The van der Waals surface area contributed by atoms with Crippen LogP contribution < -0.4 is 15.1 Å². The Kier molecular flexibility index (Phi) is 8.63. The molecule has 2 N–H and O–H groups in total. The van der Waals surface area contributed by atoms with E-state index in [0.29, 0.717) is 47.9 Å². The Bertz CT molecular complexity index is 1490. The fourth-order valence-corrected chi connectivity index (χ4v) is 8.50. The normalized spacial score (nSPS) is 22.1. The molecule has 4 aliphatic rings. The number of aromatic nitrogens is 3. The maximum Gasteiger partial charge on any atom is 0.407 e. The molecule has 2 saturated carbocycles. The molecule has 250 valence electrons. The van der Waals surface area contributed by atoms with Crippen molar-refractivity contribution in [3.05, 3.63) is 29.2 Å². The average molecular weight is 673 g/mol. The van der Waals surface area contributed by atoms with Crippen molar-refractivity contribution >= 4 is 47.1 Å². The third-order valence-corrected chi connectivity index (χ3v) is 11.7. The van der Waals surface area contributed by atoms with E-state index in [1.165, 1.54) is 18.9 Å². The number of hydrogen-bond acceptors (Lipinski definition) is 11. The van der Waals surface area contributed by atoms with Gasteiger partial charge in [0.05, 0.1) is 23.9 Å². The van der Waals surface area contributed by atoms with Crippen LogP contribution in [0, 0.1) is 16.7 Å². The Morgan fingerprint density at radius 3 is 2.22 bits per heavy atom. The molecule has 2 aromatic heterocycles. The molecule has 0 radical (unpaired) electrons. The maximum absolute atomic E-state index is 13.0. The molecule has 2 aliphatic heterocycles. The third kappa shape index (κ3) is 6.49. The number of piperidine rings is 1. The molecule has 0 unspecified atom stereocenters. The summed E-state index contributed by atoms with van der Waals surface area (Å²) >= 11 is 8.12. The Labute approximate surface area is 280 Å². The van der Waals surface area contributed by atoms with Gasteiger partial charge in [-0.15, -0.1) is 0 Å². The SMILES string of the molecule is COC(=O)c1nc(Sc2ccnc(N3CC(C(C)(C)O)C3)c2Cl)cnc1N1CCC2(CC1)CCC1(CC1)[C@H]2NC(=O)OC(C)(C)C. The summed E-state index contributed by atoms with van der Waals surface area (Å²) < 4.78 is 10.8. The maximum atomic E-state index is 13.0. The predicted molar refractivity (Wildman–Crippen MR) is 177 cm³/mol. The first kappa shape index (κ1) is 33.1. The monoisotopic (exact) mass is 672 g/mol. The molecule has 1 atom stereocenters. The number of esters is 1. The summed E-state index contributed by atoms with van der Waals surface area (Å²) in [6.45, 7) is 12.0. The molecule has 4 fully saturated rings. The molecule has 11 nitrogen and oxygen atoms in total. The van der Waals surface area contributed by atoms with Crippen molar-refractivity contribution in [2.24, 2.45) is 16.7 Å². The van der Waals surface area contributed by atoms with Crippen molar-refractivity contribution < 1.29 is 24.2 Å². The van der Waals surface area contributed by atoms with Crippen LogP contribution in [0.25, 0.3) is 0 Å². The zero-order valence-electron chi connectivity index (χ0n) is 27.6. The second kappa shape index (κ2) is 12.0. The van der Waals surface area contributed by atoms with Crippen molar-refractivity contribution in [3.8, 4) is 0 Å². The molecule has 1 amide bonds. The molecule has 2 saturated heterocycles. The highest BCUT2D eigenvalue weighted by Gasteiger charge is 2.63. The first-order valence-electron chi connectivity index (χ1n) is 16.1. The molecule has 46 heavy (non-hydrogen) atoms. The summed E-state index contributed by atoms with van der Waals surface area (Å²) in [5, 5.41) is 14.6. The molecular weight excluding hydrogens is 628 g/mol. The largest absolute Gasteiger partial charge is 0.464 e. The van der Waals surface area contributed by atoms with E-state index in [9.17, 15) is 14.7 Å².